The Kier molecular flexibility index (Phi) is 7.98. The van der Waals surface area contributed by atoms with Crippen LogP contribution in [0.5, 0.6) is 5.75 Å². The molecule has 0 heterocycles. The van der Waals surface area contributed by atoms with E-state index in [4.69, 9.17) is 27.9 Å². The van der Waals surface area contributed by atoms with Crippen molar-refractivity contribution >= 4 is 29.1 Å². The van der Waals surface area contributed by atoms with Gasteiger partial charge in [-0.15, -0.1) is 0 Å². The standard InChI is InChI=1S/C26H25Cl2F2NO2/c1-16(31-25(32)26(2,3)33-21-12-13-23(29)24(30)15-21)22(18-6-10-20(28)11-7-18)14-17-4-8-19(27)9-5-17/h4-13,15-16,22H,14H2,1-3H3,(H,31,32). The summed E-state index contributed by atoms with van der Waals surface area (Å²) in [4.78, 5) is 13.1. The molecule has 174 valence electrons. The Bertz CT molecular complexity index is 1100. The van der Waals surface area contributed by atoms with Gasteiger partial charge >= 0.3 is 0 Å². The van der Waals surface area contributed by atoms with Crippen LogP contribution in [0.3, 0.4) is 0 Å². The maximum Gasteiger partial charge on any atom is 0.263 e. The molecule has 3 aromatic rings. The minimum atomic E-state index is -1.32. The minimum Gasteiger partial charge on any atom is -0.478 e. The molecular formula is C26H25Cl2F2NO2. The predicted molar refractivity (Wildman–Crippen MR) is 128 cm³/mol. The summed E-state index contributed by atoms with van der Waals surface area (Å²) in [5, 5.41) is 4.30. The van der Waals surface area contributed by atoms with Gasteiger partial charge in [0.05, 0.1) is 0 Å². The van der Waals surface area contributed by atoms with E-state index in [9.17, 15) is 13.6 Å². The highest BCUT2D eigenvalue weighted by atomic mass is 35.5. The second-order valence-corrected chi connectivity index (χ2v) is 9.31. The molecule has 0 aliphatic rings. The van der Waals surface area contributed by atoms with E-state index < -0.39 is 17.2 Å². The molecule has 33 heavy (non-hydrogen) atoms. The zero-order valence-electron chi connectivity index (χ0n) is 18.5. The van der Waals surface area contributed by atoms with Crippen LogP contribution in [0.15, 0.2) is 66.7 Å². The molecule has 0 saturated heterocycles. The molecule has 7 heteroatoms. The molecule has 0 aliphatic carbocycles. The molecule has 3 nitrogen and oxygen atoms in total. The zero-order valence-corrected chi connectivity index (χ0v) is 20.1. The summed E-state index contributed by atoms with van der Waals surface area (Å²) < 4.78 is 32.4. The number of halogens is 4. The van der Waals surface area contributed by atoms with E-state index in [1.54, 1.807) is 13.8 Å². The molecule has 3 rings (SSSR count). The molecule has 0 radical (unpaired) electrons. The summed E-state index contributed by atoms with van der Waals surface area (Å²) in [6.45, 7) is 5.07. The first-order chi connectivity index (χ1) is 15.5. The number of carbonyl (C=O) groups excluding carboxylic acids is 1. The average Bonchev–Trinajstić information content (AvgIpc) is 2.76. The number of ether oxygens (including phenoxy) is 1. The first kappa shape index (κ1) is 25.0. The second-order valence-electron chi connectivity index (χ2n) is 8.44. The largest absolute Gasteiger partial charge is 0.478 e. The number of benzene rings is 3. The van der Waals surface area contributed by atoms with Crippen LogP contribution in [-0.4, -0.2) is 17.6 Å². The molecule has 1 amide bonds. The SMILES string of the molecule is CC(NC(=O)C(C)(C)Oc1ccc(F)c(F)c1)C(Cc1ccc(Cl)cc1)c1ccc(Cl)cc1. The van der Waals surface area contributed by atoms with Crippen molar-refractivity contribution < 1.29 is 18.3 Å². The average molecular weight is 492 g/mol. The van der Waals surface area contributed by atoms with Gasteiger partial charge in [0.1, 0.15) is 5.75 Å². The number of amides is 1. The molecule has 0 aromatic heterocycles. The van der Waals surface area contributed by atoms with E-state index in [0.29, 0.717) is 16.5 Å². The number of hydrogen-bond acceptors (Lipinski definition) is 2. The van der Waals surface area contributed by atoms with Crippen molar-refractivity contribution in [1.82, 2.24) is 5.32 Å². The summed E-state index contributed by atoms with van der Waals surface area (Å²) in [7, 11) is 0. The molecule has 3 aromatic carbocycles. The monoisotopic (exact) mass is 491 g/mol. The summed E-state index contributed by atoms with van der Waals surface area (Å²) >= 11 is 12.1. The Morgan fingerprint density at radius 2 is 1.52 bits per heavy atom. The topological polar surface area (TPSA) is 38.3 Å². The Balaban J connectivity index is 1.78. The molecule has 2 atom stereocenters. The summed E-state index contributed by atoms with van der Waals surface area (Å²) in [5.41, 5.74) is 0.766. The van der Waals surface area contributed by atoms with Crippen molar-refractivity contribution in [2.45, 2.75) is 44.8 Å². The fraction of sp³-hybridized carbons (Fsp3) is 0.269. The third-order valence-electron chi connectivity index (χ3n) is 5.44. The van der Waals surface area contributed by atoms with Crippen molar-refractivity contribution in [3.8, 4) is 5.75 Å². The van der Waals surface area contributed by atoms with E-state index in [-0.39, 0.29) is 23.6 Å². The molecule has 0 spiro atoms. The Morgan fingerprint density at radius 3 is 2.09 bits per heavy atom. The van der Waals surface area contributed by atoms with E-state index in [2.05, 4.69) is 5.32 Å². The molecule has 0 bridgehead atoms. The van der Waals surface area contributed by atoms with E-state index >= 15 is 0 Å². The fourth-order valence-corrected chi connectivity index (χ4v) is 3.78. The molecule has 2 unspecified atom stereocenters. The van der Waals surface area contributed by atoms with Crippen molar-refractivity contribution in [3.05, 3.63) is 99.5 Å². The van der Waals surface area contributed by atoms with E-state index in [1.807, 2.05) is 55.5 Å². The van der Waals surface area contributed by atoms with Crippen LogP contribution in [0, 0.1) is 11.6 Å². The lowest BCUT2D eigenvalue weighted by molar-refractivity contribution is -0.135. The van der Waals surface area contributed by atoms with Crippen molar-refractivity contribution in [2.75, 3.05) is 0 Å². The van der Waals surface area contributed by atoms with Gasteiger partial charge in [-0.3, -0.25) is 4.79 Å². The van der Waals surface area contributed by atoms with Crippen LogP contribution in [0.4, 0.5) is 8.78 Å². The van der Waals surface area contributed by atoms with Gasteiger partial charge in [-0.2, -0.15) is 0 Å². The van der Waals surface area contributed by atoms with Crippen LogP contribution in [0.2, 0.25) is 10.0 Å². The molecule has 0 aliphatic heterocycles. The highest BCUT2D eigenvalue weighted by Gasteiger charge is 2.33. The van der Waals surface area contributed by atoms with Crippen LogP contribution in [0.25, 0.3) is 0 Å². The third kappa shape index (κ3) is 6.68. The van der Waals surface area contributed by atoms with Gasteiger partial charge in [0.2, 0.25) is 0 Å². The number of rotatable bonds is 8. The number of nitrogens with one attached hydrogen (secondary N) is 1. The fourth-order valence-electron chi connectivity index (χ4n) is 3.53. The van der Waals surface area contributed by atoms with Crippen LogP contribution >= 0.6 is 23.2 Å². The van der Waals surface area contributed by atoms with Gasteiger partial charge < -0.3 is 10.1 Å². The Hall–Kier alpha value is -2.63. The summed E-state index contributed by atoms with van der Waals surface area (Å²) in [6.07, 6.45) is 0.657. The highest BCUT2D eigenvalue weighted by molar-refractivity contribution is 6.30. The van der Waals surface area contributed by atoms with Crippen molar-refractivity contribution in [1.29, 1.82) is 0 Å². The lowest BCUT2D eigenvalue weighted by Gasteiger charge is -2.31. The van der Waals surface area contributed by atoms with Gasteiger partial charge in [0, 0.05) is 28.1 Å². The first-order valence-corrected chi connectivity index (χ1v) is 11.3. The first-order valence-electron chi connectivity index (χ1n) is 10.5. The molecule has 1 N–H and O–H groups in total. The van der Waals surface area contributed by atoms with Gasteiger partial charge in [0.15, 0.2) is 17.2 Å². The van der Waals surface area contributed by atoms with Crippen molar-refractivity contribution in [3.63, 3.8) is 0 Å². The highest BCUT2D eigenvalue weighted by Crippen LogP contribution is 2.28. The molecular weight excluding hydrogens is 467 g/mol. The second kappa shape index (κ2) is 10.5. The molecule has 0 saturated carbocycles. The minimum absolute atomic E-state index is 0.0635. The smallest absolute Gasteiger partial charge is 0.263 e. The van der Waals surface area contributed by atoms with Gasteiger partial charge in [-0.25, -0.2) is 8.78 Å². The lowest BCUT2D eigenvalue weighted by Crippen LogP contribution is -2.51. The number of hydrogen-bond donors (Lipinski definition) is 1. The van der Waals surface area contributed by atoms with E-state index in [0.717, 1.165) is 23.3 Å². The number of carbonyl (C=O) groups is 1. The normalized spacial score (nSPS) is 13.3. The van der Waals surface area contributed by atoms with Crippen LogP contribution < -0.4 is 10.1 Å². The van der Waals surface area contributed by atoms with Crippen molar-refractivity contribution in [2.24, 2.45) is 0 Å². The maximum atomic E-state index is 13.5. The van der Waals surface area contributed by atoms with Gasteiger partial charge in [-0.05, 0) is 74.7 Å². The summed E-state index contributed by atoms with van der Waals surface area (Å²) in [5.74, 6) is -2.40. The zero-order chi connectivity index (χ0) is 24.2. The third-order valence-corrected chi connectivity index (χ3v) is 5.94. The Morgan fingerprint density at radius 1 is 0.939 bits per heavy atom. The maximum absolute atomic E-state index is 13.5. The summed E-state index contributed by atoms with van der Waals surface area (Å²) in [6, 6.07) is 18.0. The van der Waals surface area contributed by atoms with Gasteiger partial charge in [0.25, 0.3) is 5.91 Å². The van der Waals surface area contributed by atoms with Gasteiger partial charge in [-0.1, -0.05) is 47.5 Å². The quantitative estimate of drug-likeness (QED) is 0.369. The predicted octanol–water partition coefficient (Wildman–Crippen LogP) is 6.96. The Labute approximate surface area is 202 Å². The van der Waals surface area contributed by atoms with E-state index in [1.165, 1.54) is 6.07 Å². The van der Waals surface area contributed by atoms with Crippen LogP contribution in [0.1, 0.15) is 37.8 Å². The molecule has 0 fully saturated rings. The van der Waals surface area contributed by atoms with Crippen LogP contribution in [-0.2, 0) is 11.2 Å². The lowest BCUT2D eigenvalue weighted by atomic mass is 9.86.